The summed E-state index contributed by atoms with van der Waals surface area (Å²) in [5.41, 5.74) is 1.54. The molecule has 0 aliphatic rings. The largest absolute Gasteiger partial charge is 0.480 e. The quantitative estimate of drug-likeness (QED) is 0.731. The van der Waals surface area contributed by atoms with Gasteiger partial charge >= 0.3 is 11.9 Å². The van der Waals surface area contributed by atoms with E-state index in [-0.39, 0.29) is 10.6 Å². The number of rotatable bonds is 5. The van der Waals surface area contributed by atoms with Crippen molar-refractivity contribution in [3.05, 3.63) is 52.9 Å². The molecule has 0 spiro atoms. The molecular weight excluding hydrogens is 328 g/mol. The minimum Gasteiger partial charge on any atom is -0.480 e. The summed E-state index contributed by atoms with van der Waals surface area (Å²) in [5, 5.41) is 20.3. The Bertz CT molecular complexity index is 936. The standard InChI is InChI=1S/C18H14O5S/c1-10-15(23-9-14(19)20)17(18(21)22)24-16(10)13-8-4-6-11-5-2-3-7-12(11)13/h2-8H,9H2,1H3,(H,19,20)(H,21,22). The summed E-state index contributed by atoms with van der Waals surface area (Å²) < 4.78 is 5.23. The molecule has 0 aliphatic heterocycles. The topological polar surface area (TPSA) is 83.8 Å². The van der Waals surface area contributed by atoms with Crippen molar-refractivity contribution in [1.82, 2.24) is 0 Å². The fraction of sp³-hybridized carbons (Fsp3) is 0.111. The van der Waals surface area contributed by atoms with Crippen LogP contribution in [0.5, 0.6) is 5.75 Å². The first-order chi connectivity index (χ1) is 11.5. The zero-order valence-corrected chi connectivity index (χ0v) is 13.6. The maximum absolute atomic E-state index is 11.5. The molecule has 5 nitrogen and oxygen atoms in total. The van der Waals surface area contributed by atoms with E-state index in [0.717, 1.165) is 32.5 Å². The normalized spacial score (nSPS) is 10.7. The highest BCUT2D eigenvalue weighted by atomic mass is 32.1. The molecule has 122 valence electrons. The molecule has 1 aromatic heterocycles. The number of aliphatic carboxylic acids is 1. The summed E-state index contributed by atoms with van der Waals surface area (Å²) in [6, 6.07) is 13.7. The zero-order valence-electron chi connectivity index (χ0n) is 12.8. The summed E-state index contributed by atoms with van der Waals surface area (Å²) in [4.78, 5) is 23.0. The average molecular weight is 342 g/mol. The van der Waals surface area contributed by atoms with Crippen molar-refractivity contribution in [3.63, 3.8) is 0 Å². The second kappa shape index (κ2) is 6.33. The van der Waals surface area contributed by atoms with Crippen LogP contribution in [0.25, 0.3) is 21.2 Å². The number of thiophene rings is 1. The van der Waals surface area contributed by atoms with E-state index in [9.17, 15) is 14.7 Å². The third kappa shape index (κ3) is 2.83. The fourth-order valence-electron chi connectivity index (χ4n) is 2.63. The third-order valence-electron chi connectivity index (χ3n) is 3.66. The Kier molecular flexibility index (Phi) is 4.22. The van der Waals surface area contributed by atoms with E-state index in [1.54, 1.807) is 6.92 Å². The van der Waals surface area contributed by atoms with E-state index in [1.807, 2.05) is 42.5 Å². The minimum absolute atomic E-state index is 0.0108. The molecule has 6 heteroatoms. The monoisotopic (exact) mass is 342 g/mol. The molecule has 0 bridgehead atoms. The van der Waals surface area contributed by atoms with Gasteiger partial charge in [0, 0.05) is 10.4 Å². The number of benzene rings is 2. The molecule has 24 heavy (non-hydrogen) atoms. The van der Waals surface area contributed by atoms with Crippen molar-refractivity contribution in [2.24, 2.45) is 0 Å². The van der Waals surface area contributed by atoms with Gasteiger partial charge in [0.15, 0.2) is 11.5 Å². The molecule has 0 saturated carbocycles. The van der Waals surface area contributed by atoms with Gasteiger partial charge in [-0.15, -0.1) is 11.3 Å². The predicted octanol–water partition coefficient (Wildman–Crippen LogP) is 4.04. The fourth-order valence-corrected chi connectivity index (χ4v) is 3.76. The Hall–Kier alpha value is -2.86. The lowest BCUT2D eigenvalue weighted by atomic mass is 10.0. The van der Waals surface area contributed by atoms with Gasteiger partial charge in [0.2, 0.25) is 0 Å². The van der Waals surface area contributed by atoms with Crippen LogP contribution in [0.3, 0.4) is 0 Å². The SMILES string of the molecule is Cc1c(-c2cccc3ccccc23)sc(C(=O)O)c1OCC(=O)O. The summed E-state index contributed by atoms with van der Waals surface area (Å²) in [6.45, 7) is 1.17. The predicted molar refractivity (Wildman–Crippen MR) is 92.1 cm³/mol. The first-order valence-electron chi connectivity index (χ1n) is 7.18. The number of carboxylic acid groups (broad SMARTS) is 2. The van der Waals surface area contributed by atoms with Crippen LogP contribution in [0.15, 0.2) is 42.5 Å². The number of carboxylic acids is 2. The summed E-state index contributed by atoms with van der Waals surface area (Å²) >= 11 is 1.10. The maximum atomic E-state index is 11.5. The molecule has 0 fully saturated rings. The Labute approximate surface area is 141 Å². The van der Waals surface area contributed by atoms with Gasteiger partial charge < -0.3 is 14.9 Å². The first-order valence-corrected chi connectivity index (χ1v) is 8.00. The van der Waals surface area contributed by atoms with Gasteiger partial charge in [-0.2, -0.15) is 0 Å². The molecule has 3 rings (SSSR count). The summed E-state index contributed by atoms with van der Waals surface area (Å²) in [7, 11) is 0. The van der Waals surface area contributed by atoms with Gasteiger partial charge in [-0.3, -0.25) is 0 Å². The van der Waals surface area contributed by atoms with Crippen LogP contribution in [0.1, 0.15) is 15.2 Å². The van der Waals surface area contributed by atoms with E-state index in [2.05, 4.69) is 0 Å². The molecule has 2 N–H and O–H groups in total. The highest BCUT2D eigenvalue weighted by molar-refractivity contribution is 7.18. The van der Waals surface area contributed by atoms with Crippen molar-refractivity contribution in [3.8, 4) is 16.2 Å². The number of ether oxygens (including phenoxy) is 1. The van der Waals surface area contributed by atoms with Crippen molar-refractivity contribution < 1.29 is 24.5 Å². The van der Waals surface area contributed by atoms with Crippen LogP contribution in [0, 0.1) is 6.92 Å². The number of hydrogen-bond acceptors (Lipinski definition) is 4. The maximum Gasteiger partial charge on any atom is 0.349 e. The van der Waals surface area contributed by atoms with Crippen LogP contribution < -0.4 is 4.74 Å². The number of fused-ring (bicyclic) bond motifs is 1. The molecule has 0 unspecified atom stereocenters. The molecule has 0 aliphatic carbocycles. The van der Waals surface area contributed by atoms with Crippen LogP contribution in [0.2, 0.25) is 0 Å². The highest BCUT2D eigenvalue weighted by Gasteiger charge is 2.23. The first kappa shape index (κ1) is 16.0. The lowest BCUT2D eigenvalue weighted by molar-refractivity contribution is -0.139. The molecule has 0 radical (unpaired) electrons. The van der Waals surface area contributed by atoms with Gasteiger partial charge in [-0.05, 0) is 23.3 Å². The molecule has 3 aromatic rings. The van der Waals surface area contributed by atoms with Gasteiger partial charge in [0.05, 0.1) is 0 Å². The van der Waals surface area contributed by atoms with Crippen molar-refractivity contribution >= 4 is 34.0 Å². The Balaban J connectivity index is 2.19. The summed E-state index contributed by atoms with van der Waals surface area (Å²) in [6.07, 6.45) is 0. The van der Waals surface area contributed by atoms with Gasteiger partial charge in [-0.25, -0.2) is 9.59 Å². The van der Waals surface area contributed by atoms with E-state index < -0.39 is 18.5 Å². The Morgan fingerprint density at radius 1 is 1.08 bits per heavy atom. The second-order valence-electron chi connectivity index (χ2n) is 5.23. The van der Waals surface area contributed by atoms with E-state index in [1.165, 1.54) is 0 Å². The van der Waals surface area contributed by atoms with Crippen molar-refractivity contribution in [2.45, 2.75) is 6.92 Å². The lowest BCUT2D eigenvalue weighted by Crippen LogP contribution is -2.11. The molecule has 0 amide bonds. The highest BCUT2D eigenvalue weighted by Crippen LogP contribution is 2.43. The minimum atomic E-state index is -1.15. The third-order valence-corrected chi connectivity index (χ3v) is 4.95. The molecule has 1 heterocycles. The van der Waals surface area contributed by atoms with Crippen molar-refractivity contribution in [2.75, 3.05) is 6.61 Å². The van der Waals surface area contributed by atoms with E-state index in [4.69, 9.17) is 9.84 Å². The molecule has 0 atom stereocenters. The summed E-state index contributed by atoms with van der Waals surface area (Å²) in [5.74, 6) is -2.16. The van der Waals surface area contributed by atoms with Crippen LogP contribution in [-0.2, 0) is 4.79 Å². The van der Waals surface area contributed by atoms with Crippen LogP contribution in [-0.4, -0.2) is 28.8 Å². The Morgan fingerprint density at radius 2 is 1.79 bits per heavy atom. The van der Waals surface area contributed by atoms with Crippen LogP contribution >= 0.6 is 11.3 Å². The zero-order chi connectivity index (χ0) is 17.3. The molecule has 2 aromatic carbocycles. The van der Waals surface area contributed by atoms with E-state index in [0.29, 0.717) is 5.56 Å². The second-order valence-corrected chi connectivity index (χ2v) is 6.25. The Morgan fingerprint density at radius 3 is 2.50 bits per heavy atom. The van der Waals surface area contributed by atoms with Crippen LogP contribution in [0.4, 0.5) is 0 Å². The van der Waals surface area contributed by atoms with Crippen molar-refractivity contribution in [1.29, 1.82) is 0 Å². The lowest BCUT2D eigenvalue weighted by Gasteiger charge is -2.07. The van der Waals surface area contributed by atoms with Gasteiger partial charge in [-0.1, -0.05) is 42.5 Å². The number of hydrogen-bond donors (Lipinski definition) is 2. The van der Waals surface area contributed by atoms with Gasteiger partial charge in [0.1, 0.15) is 5.75 Å². The van der Waals surface area contributed by atoms with E-state index >= 15 is 0 Å². The van der Waals surface area contributed by atoms with Gasteiger partial charge in [0.25, 0.3) is 0 Å². The smallest absolute Gasteiger partial charge is 0.349 e. The number of carbonyl (C=O) groups is 2. The molecule has 0 saturated heterocycles. The average Bonchev–Trinajstić information content (AvgIpc) is 2.89. The number of aromatic carboxylic acids is 1. The molecular formula is C18H14O5S.